The molecule has 0 bridgehead atoms. The van der Waals surface area contributed by atoms with Gasteiger partial charge in [-0.25, -0.2) is 9.59 Å². The molecule has 3 aromatic heterocycles. The quantitative estimate of drug-likeness (QED) is 0.387. The Kier molecular flexibility index (Phi) is 9.35. The van der Waals surface area contributed by atoms with Crippen molar-refractivity contribution in [1.82, 2.24) is 9.88 Å². The number of hydrogen-bond donors (Lipinski definition) is 4. The fraction of sp³-hybridized carbons (Fsp3) is 0.286. The summed E-state index contributed by atoms with van der Waals surface area (Å²) in [5.41, 5.74) is 1.08. The first-order valence-electron chi connectivity index (χ1n) is 9.28. The lowest BCUT2D eigenvalue weighted by molar-refractivity contribution is -0.165. The molecule has 3 rings (SSSR count). The molecule has 31 heavy (non-hydrogen) atoms. The molecule has 10 heteroatoms. The Morgan fingerprint density at radius 1 is 1.00 bits per heavy atom. The summed E-state index contributed by atoms with van der Waals surface area (Å²) in [4.78, 5) is 27.7. The van der Waals surface area contributed by atoms with Crippen LogP contribution in [0.25, 0.3) is 0 Å². The number of carboxylic acid groups (broad SMARTS) is 2. The van der Waals surface area contributed by atoms with Crippen LogP contribution < -0.4 is 0 Å². The molecule has 166 valence electrons. The number of furan rings is 1. The highest BCUT2D eigenvalue weighted by Gasteiger charge is 2.29. The second-order valence-electron chi connectivity index (χ2n) is 6.62. The molecule has 2 unspecified atom stereocenters. The fourth-order valence-corrected chi connectivity index (χ4v) is 3.32. The topological polar surface area (TPSA) is 144 Å². The summed E-state index contributed by atoms with van der Waals surface area (Å²) in [6, 6.07) is 14.4. The van der Waals surface area contributed by atoms with Crippen molar-refractivity contribution in [3.05, 3.63) is 76.1 Å². The average Bonchev–Trinajstić information content (AvgIpc) is 3.39. The van der Waals surface area contributed by atoms with Crippen molar-refractivity contribution >= 4 is 23.3 Å². The van der Waals surface area contributed by atoms with E-state index in [1.807, 2.05) is 31.3 Å². The lowest BCUT2D eigenvalue weighted by atomic mass is 10.2. The number of hydrogen-bond acceptors (Lipinski definition) is 8. The molecule has 0 spiro atoms. The van der Waals surface area contributed by atoms with Crippen LogP contribution in [0.15, 0.2) is 58.5 Å². The summed E-state index contributed by atoms with van der Waals surface area (Å²) < 4.78 is 5.71. The molecule has 0 aromatic carbocycles. The van der Waals surface area contributed by atoms with Crippen molar-refractivity contribution < 1.29 is 34.4 Å². The van der Waals surface area contributed by atoms with Gasteiger partial charge in [0.2, 0.25) is 0 Å². The van der Waals surface area contributed by atoms with E-state index >= 15 is 0 Å². The molecular weight excluding hydrogens is 424 g/mol. The van der Waals surface area contributed by atoms with Crippen LogP contribution in [0.4, 0.5) is 0 Å². The van der Waals surface area contributed by atoms with E-state index in [2.05, 4.69) is 39.5 Å². The van der Waals surface area contributed by atoms with Gasteiger partial charge in [0.05, 0.1) is 12.2 Å². The number of aliphatic hydroxyl groups excluding tert-OH is 2. The zero-order chi connectivity index (χ0) is 22.8. The van der Waals surface area contributed by atoms with Gasteiger partial charge in [-0.2, -0.15) is 0 Å². The van der Waals surface area contributed by atoms with Crippen molar-refractivity contribution in [2.45, 2.75) is 38.8 Å². The fourth-order valence-electron chi connectivity index (χ4n) is 2.57. The number of aryl methyl sites for hydroxylation is 1. The Labute approximate surface area is 182 Å². The van der Waals surface area contributed by atoms with E-state index in [9.17, 15) is 9.59 Å². The summed E-state index contributed by atoms with van der Waals surface area (Å²) >= 11 is 1.78. The van der Waals surface area contributed by atoms with Crippen LogP contribution >= 0.6 is 11.3 Å². The van der Waals surface area contributed by atoms with Gasteiger partial charge in [0.25, 0.3) is 0 Å². The van der Waals surface area contributed by atoms with Crippen LogP contribution in [0.3, 0.4) is 0 Å². The first-order chi connectivity index (χ1) is 14.8. The lowest BCUT2D eigenvalue weighted by Crippen LogP contribution is -2.39. The van der Waals surface area contributed by atoms with Gasteiger partial charge in [0, 0.05) is 24.2 Å². The molecule has 3 aromatic rings. The van der Waals surface area contributed by atoms with Crippen molar-refractivity contribution in [2.75, 3.05) is 0 Å². The van der Waals surface area contributed by atoms with Gasteiger partial charge in [0.15, 0.2) is 12.2 Å². The van der Waals surface area contributed by atoms with Crippen LogP contribution in [-0.2, 0) is 29.2 Å². The van der Waals surface area contributed by atoms with E-state index in [4.69, 9.17) is 24.8 Å². The summed E-state index contributed by atoms with van der Waals surface area (Å²) in [5.74, 6) is -1.58. The SMILES string of the molecule is Cc1ccc(CN(Cc2ccccn2)Cc2cccs2)o1.O=C(O)C(O)C(O)C(=O)O. The Morgan fingerprint density at radius 2 is 1.71 bits per heavy atom. The van der Waals surface area contributed by atoms with E-state index < -0.39 is 24.1 Å². The largest absolute Gasteiger partial charge is 0.479 e. The number of carbonyl (C=O) groups is 2. The highest BCUT2D eigenvalue weighted by atomic mass is 32.1. The van der Waals surface area contributed by atoms with Crippen LogP contribution in [0.2, 0.25) is 0 Å². The first-order valence-corrected chi connectivity index (χ1v) is 10.2. The number of aliphatic hydroxyl groups is 2. The van der Waals surface area contributed by atoms with Crippen LogP contribution in [0.5, 0.6) is 0 Å². The Hall–Kier alpha value is -3.05. The van der Waals surface area contributed by atoms with Crippen molar-refractivity contribution in [1.29, 1.82) is 0 Å². The second-order valence-corrected chi connectivity index (χ2v) is 7.66. The Bertz CT molecular complexity index is 926. The molecule has 0 saturated heterocycles. The molecule has 4 N–H and O–H groups in total. The molecule has 9 nitrogen and oxygen atoms in total. The number of thiophene rings is 1. The summed E-state index contributed by atoms with van der Waals surface area (Å²) in [6.45, 7) is 4.50. The first kappa shape index (κ1) is 24.2. The molecule has 0 aliphatic heterocycles. The number of rotatable bonds is 9. The van der Waals surface area contributed by atoms with Crippen molar-refractivity contribution in [2.24, 2.45) is 0 Å². The molecular formula is C21H24N2O7S. The van der Waals surface area contributed by atoms with Crippen LogP contribution in [-0.4, -0.2) is 54.5 Å². The molecule has 0 radical (unpaired) electrons. The van der Waals surface area contributed by atoms with E-state index in [-0.39, 0.29) is 0 Å². The van der Waals surface area contributed by atoms with Gasteiger partial charge in [0.1, 0.15) is 11.5 Å². The van der Waals surface area contributed by atoms with Gasteiger partial charge in [-0.1, -0.05) is 12.1 Å². The Balaban J connectivity index is 0.000000291. The van der Waals surface area contributed by atoms with Crippen molar-refractivity contribution in [3.63, 3.8) is 0 Å². The standard InChI is InChI=1S/C17H18N2OS.C4H6O6/c1-14-7-8-16(20-14)12-19(13-17-6-4-10-21-17)11-15-5-2-3-9-18-15;5-1(3(7)8)2(6)4(9)10/h2-10H,11-13H2,1H3;1-2,5-6H,(H,7,8)(H,9,10). The lowest BCUT2D eigenvalue weighted by Gasteiger charge is -2.20. The summed E-state index contributed by atoms with van der Waals surface area (Å²) in [5, 5.41) is 34.6. The van der Waals surface area contributed by atoms with Crippen molar-refractivity contribution in [3.8, 4) is 0 Å². The molecule has 0 aliphatic carbocycles. The average molecular weight is 448 g/mol. The number of pyridine rings is 1. The van der Waals surface area contributed by atoms with Gasteiger partial charge < -0.3 is 24.8 Å². The number of carboxylic acids is 2. The number of nitrogens with zero attached hydrogens (tertiary/aromatic N) is 2. The number of aromatic nitrogens is 1. The van der Waals surface area contributed by atoms with Gasteiger partial charge in [-0.15, -0.1) is 11.3 Å². The van der Waals surface area contributed by atoms with E-state index in [0.717, 1.165) is 36.8 Å². The molecule has 0 aliphatic rings. The summed E-state index contributed by atoms with van der Waals surface area (Å²) in [7, 11) is 0. The highest BCUT2D eigenvalue weighted by Crippen LogP contribution is 2.17. The van der Waals surface area contributed by atoms with Gasteiger partial charge in [-0.05, 0) is 42.6 Å². The molecule has 0 saturated carbocycles. The highest BCUT2D eigenvalue weighted by molar-refractivity contribution is 7.09. The molecule has 0 amide bonds. The smallest absolute Gasteiger partial charge is 0.335 e. The maximum absolute atomic E-state index is 9.77. The predicted molar refractivity (Wildman–Crippen MR) is 112 cm³/mol. The minimum Gasteiger partial charge on any atom is -0.479 e. The van der Waals surface area contributed by atoms with Gasteiger partial charge >= 0.3 is 11.9 Å². The predicted octanol–water partition coefficient (Wildman–Crippen LogP) is 2.12. The maximum atomic E-state index is 9.77. The minimum absolute atomic E-state index is 0.794. The monoisotopic (exact) mass is 448 g/mol. The van der Waals surface area contributed by atoms with E-state index in [0.29, 0.717) is 0 Å². The van der Waals surface area contributed by atoms with Crippen LogP contribution in [0, 0.1) is 6.92 Å². The molecule has 0 fully saturated rings. The second kappa shape index (κ2) is 12.0. The third-order valence-electron chi connectivity index (χ3n) is 4.05. The normalized spacial score (nSPS) is 12.6. The third kappa shape index (κ3) is 8.30. The molecule has 2 atom stereocenters. The Morgan fingerprint density at radius 3 is 2.19 bits per heavy atom. The minimum atomic E-state index is -2.27. The van der Waals surface area contributed by atoms with Crippen LogP contribution in [0.1, 0.15) is 22.1 Å². The van der Waals surface area contributed by atoms with Gasteiger partial charge in [-0.3, -0.25) is 9.88 Å². The summed E-state index contributed by atoms with van der Waals surface area (Å²) in [6.07, 6.45) is -2.69. The maximum Gasteiger partial charge on any atom is 0.335 e. The zero-order valence-corrected chi connectivity index (χ0v) is 17.6. The number of aliphatic carboxylic acids is 2. The van der Waals surface area contributed by atoms with E-state index in [1.54, 1.807) is 11.3 Å². The zero-order valence-electron chi connectivity index (χ0n) is 16.8. The molecule has 3 heterocycles. The van der Waals surface area contributed by atoms with E-state index in [1.165, 1.54) is 4.88 Å². The third-order valence-corrected chi connectivity index (χ3v) is 4.91.